The molecule has 0 saturated carbocycles. The van der Waals surface area contributed by atoms with Gasteiger partial charge in [0.25, 0.3) is 11.5 Å². The monoisotopic (exact) mass is 445 g/mol. The molecule has 0 bridgehead atoms. The van der Waals surface area contributed by atoms with Gasteiger partial charge in [0.15, 0.2) is 0 Å². The molecule has 0 spiro atoms. The number of likely N-dealkylation sites (N-methyl/N-ethyl adjacent to an activating group) is 1. The number of thiocarbonyl (C=S) groups is 1. The van der Waals surface area contributed by atoms with E-state index in [0.29, 0.717) is 32.8 Å². The van der Waals surface area contributed by atoms with Crippen LogP contribution in [0.3, 0.4) is 0 Å². The third-order valence-electron chi connectivity index (χ3n) is 5.08. The van der Waals surface area contributed by atoms with Crippen molar-refractivity contribution in [2.75, 3.05) is 51.8 Å². The Morgan fingerprint density at radius 3 is 2.83 bits per heavy atom. The fourth-order valence-electron chi connectivity index (χ4n) is 3.38. The molecule has 2 aliphatic heterocycles. The van der Waals surface area contributed by atoms with Gasteiger partial charge >= 0.3 is 0 Å². The van der Waals surface area contributed by atoms with Crippen LogP contribution in [-0.4, -0.2) is 75.9 Å². The maximum absolute atomic E-state index is 13.1. The maximum Gasteiger partial charge on any atom is 0.267 e. The Morgan fingerprint density at radius 1 is 1.30 bits per heavy atom. The summed E-state index contributed by atoms with van der Waals surface area (Å²) in [7, 11) is 1.63. The van der Waals surface area contributed by atoms with Gasteiger partial charge in [0.1, 0.15) is 15.8 Å². The van der Waals surface area contributed by atoms with E-state index in [2.05, 4.69) is 15.2 Å². The van der Waals surface area contributed by atoms with Gasteiger partial charge in [-0.1, -0.05) is 30.0 Å². The molecule has 2 fully saturated rings. The number of carbonyl (C=O) groups excluding carboxylic acids is 1. The van der Waals surface area contributed by atoms with Crippen LogP contribution < -0.4 is 10.9 Å². The van der Waals surface area contributed by atoms with E-state index in [1.165, 1.54) is 21.1 Å². The Bertz CT molecular complexity index is 1060. The fourth-order valence-corrected chi connectivity index (χ4v) is 4.54. The zero-order valence-electron chi connectivity index (χ0n) is 16.7. The van der Waals surface area contributed by atoms with Crippen molar-refractivity contribution in [3.05, 3.63) is 45.2 Å². The SMILES string of the molecule is CN1C(=O)/C(=C/c2c(NCCCN3CCOCC3)nc3ccccn3c2=O)SC1=S. The largest absolute Gasteiger partial charge is 0.379 e. The summed E-state index contributed by atoms with van der Waals surface area (Å²) in [6.07, 6.45) is 4.18. The number of pyridine rings is 1. The van der Waals surface area contributed by atoms with Crippen LogP contribution >= 0.6 is 24.0 Å². The number of rotatable bonds is 6. The van der Waals surface area contributed by atoms with Crippen molar-refractivity contribution in [1.82, 2.24) is 19.2 Å². The third kappa shape index (κ3) is 4.41. The first-order chi connectivity index (χ1) is 14.5. The molecule has 2 saturated heterocycles. The summed E-state index contributed by atoms with van der Waals surface area (Å²) in [6, 6.07) is 5.41. The lowest BCUT2D eigenvalue weighted by Gasteiger charge is -2.26. The Hall–Kier alpha value is -2.27. The summed E-state index contributed by atoms with van der Waals surface area (Å²) >= 11 is 6.39. The van der Waals surface area contributed by atoms with Gasteiger partial charge in [-0.25, -0.2) is 4.98 Å². The summed E-state index contributed by atoms with van der Waals surface area (Å²) in [4.78, 5) is 34.4. The number of anilines is 1. The minimum atomic E-state index is -0.224. The van der Waals surface area contributed by atoms with Crippen molar-refractivity contribution < 1.29 is 9.53 Å². The van der Waals surface area contributed by atoms with Crippen LogP contribution in [0.2, 0.25) is 0 Å². The molecule has 4 heterocycles. The van der Waals surface area contributed by atoms with Crippen LogP contribution in [0.4, 0.5) is 5.82 Å². The molecule has 10 heteroatoms. The normalized spacial score (nSPS) is 19.2. The third-order valence-corrected chi connectivity index (χ3v) is 6.56. The number of ether oxygens (including phenoxy) is 1. The standard InChI is InChI=1S/C20H23N5O3S2/c1-23-19(27)15(30-20(23)29)13-14-17(21-6-4-7-24-9-11-28-12-10-24)22-16-5-2-3-8-25(16)18(14)26/h2-3,5,8,13,21H,4,6-7,9-12H2,1H3/b15-13-. The highest BCUT2D eigenvalue weighted by molar-refractivity contribution is 8.26. The molecule has 4 rings (SSSR count). The second-order valence-corrected chi connectivity index (χ2v) is 8.76. The predicted octanol–water partition coefficient (Wildman–Crippen LogP) is 1.66. The van der Waals surface area contributed by atoms with E-state index in [4.69, 9.17) is 17.0 Å². The van der Waals surface area contributed by atoms with Crippen LogP contribution in [-0.2, 0) is 9.53 Å². The molecule has 0 radical (unpaired) electrons. The van der Waals surface area contributed by atoms with Crippen molar-refractivity contribution in [2.45, 2.75) is 6.42 Å². The van der Waals surface area contributed by atoms with Crippen molar-refractivity contribution in [1.29, 1.82) is 0 Å². The Balaban J connectivity index is 1.59. The molecule has 0 aliphatic carbocycles. The van der Waals surface area contributed by atoms with Crippen LogP contribution in [0.5, 0.6) is 0 Å². The molecule has 0 unspecified atom stereocenters. The first kappa shape index (κ1) is 21.0. The Morgan fingerprint density at radius 2 is 2.10 bits per heavy atom. The van der Waals surface area contributed by atoms with E-state index in [1.54, 1.807) is 31.5 Å². The molecule has 8 nitrogen and oxygen atoms in total. The van der Waals surface area contributed by atoms with E-state index in [0.717, 1.165) is 39.3 Å². The number of hydrogen-bond acceptors (Lipinski definition) is 8. The van der Waals surface area contributed by atoms with Gasteiger partial charge in [0.2, 0.25) is 0 Å². The lowest BCUT2D eigenvalue weighted by Crippen LogP contribution is -2.37. The van der Waals surface area contributed by atoms with Crippen molar-refractivity contribution >= 4 is 51.7 Å². The molecule has 0 aromatic carbocycles. The fraction of sp³-hybridized carbons (Fsp3) is 0.400. The number of fused-ring (bicyclic) bond motifs is 1. The molecule has 30 heavy (non-hydrogen) atoms. The van der Waals surface area contributed by atoms with Gasteiger partial charge in [0, 0.05) is 32.9 Å². The quantitative estimate of drug-likeness (QED) is 0.409. The highest BCUT2D eigenvalue weighted by atomic mass is 32.2. The number of morpholine rings is 1. The van der Waals surface area contributed by atoms with Crippen molar-refractivity contribution in [3.8, 4) is 0 Å². The lowest BCUT2D eigenvalue weighted by molar-refractivity contribution is -0.121. The number of hydrogen-bond donors (Lipinski definition) is 1. The second kappa shape index (κ2) is 9.25. The van der Waals surface area contributed by atoms with E-state index in [-0.39, 0.29) is 11.5 Å². The summed E-state index contributed by atoms with van der Waals surface area (Å²) in [6.45, 7) is 5.06. The first-order valence-electron chi connectivity index (χ1n) is 9.81. The summed E-state index contributed by atoms with van der Waals surface area (Å²) in [5, 5.41) is 3.30. The smallest absolute Gasteiger partial charge is 0.267 e. The van der Waals surface area contributed by atoms with Gasteiger partial charge in [-0.3, -0.25) is 23.8 Å². The first-order valence-corrected chi connectivity index (χ1v) is 11.0. The average Bonchev–Trinajstić information content (AvgIpc) is 3.01. The Labute approximate surface area is 183 Å². The van der Waals surface area contributed by atoms with E-state index >= 15 is 0 Å². The van der Waals surface area contributed by atoms with Gasteiger partial charge in [-0.05, 0) is 31.2 Å². The molecule has 0 atom stereocenters. The number of carbonyl (C=O) groups is 1. The van der Waals surface area contributed by atoms with E-state index < -0.39 is 0 Å². The number of nitrogens with one attached hydrogen (secondary N) is 1. The van der Waals surface area contributed by atoms with Gasteiger partial charge < -0.3 is 10.1 Å². The Kier molecular flexibility index (Phi) is 6.47. The highest BCUT2D eigenvalue weighted by Gasteiger charge is 2.29. The predicted molar refractivity (Wildman–Crippen MR) is 123 cm³/mol. The number of aromatic nitrogens is 2. The van der Waals surface area contributed by atoms with Gasteiger partial charge in [-0.2, -0.15) is 0 Å². The maximum atomic E-state index is 13.1. The molecule has 1 N–H and O–H groups in total. The van der Waals surface area contributed by atoms with Crippen molar-refractivity contribution in [3.63, 3.8) is 0 Å². The van der Waals surface area contributed by atoms with Crippen LogP contribution in [0.1, 0.15) is 12.0 Å². The molecule has 2 aromatic heterocycles. The van der Waals surface area contributed by atoms with Gasteiger partial charge in [-0.15, -0.1) is 0 Å². The zero-order chi connectivity index (χ0) is 21.1. The molecule has 1 amide bonds. The van der Waals surface area contributed by atoms with Crippen molar-refractivity contribution in [2.24, 2.45) is 0 Å². The van der Waals surface area contributed by atoms with E-state index in [1.807, 2.05) is 6.07 Å². The molecular formula is C20H23N5O3S2. The molecule has 2 aromatic rings. The minimum absolute atomic E-state index is 0.208. The van der Waals surface area contributed by atoms with Crippen LogP contribution in [0.15, 0.2) is 34.1 Å². The summed E-state index contributed by atoms with van der Waals surface area (Å²) < 4.78 is 7.34. The topological polar surface area (TPSA) is 79.2 Å². The summed E-state index contributed by atoms with van der Waals surface area (Å²) in [5.41, 5.74) is 0.690. The zero-order valence-corrected chi connectivity index (χ0v) is 18.3. The number of amides is 1. The van der Waals surface area contributed by atoms with E-state index in [9.17, 15) is 9.59 Å². The molecular weight excluding hydrogens is 422 g/mol. The number of thioether (sulfide) groups is 1. The average molecular weight is 446 g/mol. The molecule has 158 valence electrons. The molecule has 2 aliphatic rings. The van der Waals surface area contributed by atoms with Crippen LogP contribution in [0, 0.1) is 0 Å². The number of nitrogens with zero attached hydrogens (tertiary/aromatic N) is 4. The minimum Gasteiger partial charge on any atom is -0.379 e. The highest BCUT2D eigenvalue weighted by Crippen LogP contribution is 2.31. The second-order valence-electron chi connectivity index (χ2n) is 7.08. The summed E-state index contributed by atoms with van der Waals surface area (Å²) in [5.74, 6) is 0.273. The lowest BCUT2D eigenvalue weighted by atomic mass is 10.2. The van der Waals surface area contributed by atoms with Crippen LogP contribution in [0.25, 0.3) is 11.7 Å². The van der Waals surface area contributed by atoms with Gasteiger partial charge in [0.05, 0.1) is 23.7 Å².